The van der Waals surface area contributed by atoms with Crippen LogP contribution in [0.4, 0.5) is 5.69 Å². The van der Waals surface area contributed by atoms with Crippen LogP contribution in [0.3, 0.4) is 0 Å². The summed E-state index contributed by atoms with van der Waals surface area (Å²) < 4.78 is 5.73. The normalized spacial score (nSPS) is 11.0. The van der Waals surface area contributed by atoms with Crippen LogP contribution >= 0.6 is 46.4 Å². The van der Waals surface area contributed by atoms with Gasteiger partial charge in [0.15, 0.2) is 0 Å². The van der Waals surface area contributed by atoms with Crippen molar-refractivity contribution >= 4 is 64.1 Å². The number of nitriles is 1. The minimum Gasteiger partial charge on any atom is -0.487 e. The van der Waals surface area contributed by atoms with Crippen molar-refractivity contribution in [3.63, 3.8) is 0 Å². The molecule has 0 aliphatic rings. The van der Waals surface area contributed by atoms with Gasteiger partial charge in [0.2, 0.25) is 0 Å². The van der Waals surface area contributed by atoms with Crippen molar-refractivity contribution < 1.29 is 9.53 Å². The maximum Gasteiger partial charge on any atom is 0.266 e. The summed E-state index contributed by atoms with van der Waals surface area (Å²) in [7, 11) is 0. The largest absolute Gasteiger partial charge is 0.487 e. The van der Waals surface area contributed by atoms with Crippen molar-refractivity contribution in [2.24, 2.45) is 0 Å². The molecule has 0 unspecified atom stereocenters. The topological polar surface area (TPSA) is 62.1 Å². The minimum absolute atomic E-state index is 0.114. The SMILES string of the molecule is N#CC(=Cc1ccc(OCc2ccccc2Cl)c(Cl)c1)C(=O)Nc1cc(Cl)cc(Cl)c1. The van der Waals surface area contributed by atoms with E-state index >= 15 is 0 Å². The molecule has 0 atom stereocenters. The van der Waals surface area contributed by atoms with Crippen molar-refractivity contribution in [2.75, 3.05) is 5.32 Å². The maximum atomic E-state index is 12.5. The molecule has 0 bridgehead atoms. The van der Waals surface area contributed by atoms with Gasteiger partial charge in [0.25, 0.3) is 5.91 Å². The van der Waals surface area contributed by atoms with Crippen molar-refractivity contribution in [3.8, 4) is 11.8 Å². The van der Waals surface area contributed by atoms with Crippen LogP contribution in [0, 0.1) is 11.3 Å². The van der Waals surface area contributed by atoms with Crippen molar-refractivity contribution in [2.45, 2.75) is 6.61 Å². The summed E-state index contributed by atoms with van der Waals surface area (Å²) in [6.07, 6.45) is 1.42. The van der Waals surface area contributed by atoms with Crippen LogP contribution in [0.15, 0.2) is 66.2 Å². The predicted molar refractivity (Wildman–Crippen MR) is 126 cm³/mol. The lowest BCUT2D eigenvalue weighted by molar-refractivity contribution is -0.112. The zero-order valence-corrected chi connectivity index (χ0v) is 18.9. The van der Waals surface area contributed by atoms with E-state index in [0.29, 0.717) is 37.1 Å². The van der Waals surface area contributed by atoms with Gasteiger partial charge in [-0.15, -0.1) is 0 Å². The van der Waals surface area contributed by atoms with Crippen LogP contribution < -0.4 is 10.1 Å². The van der Waals surface area contributed by atoms with Gasteiger partial charge in [-0.2, -0.15) is 5.26 Å². The number of hydrogen-bond acceptors (Lipinski definition) is 3. The maximum absolute atomic E-state index is 12.5. The van der Waals surface area contributed by atoms with Gasteiger partial charge in [-0.05, 0) is 48.0 Å². The second kappa shape index (κ2) is 10.6. The lowest BCUT2D eigenvalue weighted by Crippen LogP contribution is -2.13. The van der Waals surface area contributed by atoms with E-state index in [1.165, 1.54) is 24.3 Å². The number of benzene rings is 3. The first kappa shape index (κ1) is 23.0. The van der Waals surface area contributed by atoms with Gasteiger partial charge in [0, 0.05) is 26.3 Å². The molecule has 0 heterocycles. The number of carbonyl (C=O) groups excluding carboxylic acids is 1. The van der Waals surface area contributed by atoms with E-state index in [4.69, 9.17) is 51.1 Å². The van der Waals surface area contributed by atoms with Crippen LogP contribution in [0.5, 0.6) is 5.75 Å². The predicted octanol–water partition coefficient (Wildman–Crippen LogP) is 7.42. The zero-order valence-electron chi connectivity index (χ0n) is 15.8. The number of amides is 1. The molecular formula is C23H14Cl4N2O2. The Bertz CT molecular complexity index is 1180. The molecule has 31 heavy (non-hydrogen) atoms. The molecule has 3 aromatic carbocycles. The highest BCUT2D eigenvalue weighted by atomic mass is 35.5. The lowest BCUT2D eigenvalue weighted by atomic mass is 10.1. The summed E-state index contributed by atoms with van der Waals surface area (Å²) >= 11 is 24.3. The molecule has 1 amide bonds. The summed E-state index contributed by atoms with van der Waals surface area (Å²) in [6, 6.07) is 18.8. The van der Waals surface area contributed by atoms with E-state index in [1.807, 2.05) is 24.3 Å². The second-order valence-corrected chi connectivity index (χ2v) is 8.04. The monoisotopic (exact) mass is 490 g/mol. The summed E-state index contributed by atoms with van der Waals surface area (Å²) in [5, 5.41) is 13.7. The summed E-state index contributed by atoms with van der Waals surface area (Å²) in [4.78, 5) is 12.5. The van der Waals surface area contributed by atoms with Crippen LogP contribution in [-0.2, 0) is 11.4 Å². The van der Waals surface area contributed by atoms with E-state index < -0.39 is 5.91 Å². The van der Waals surface area contributed by atoms with Crippen molar-refractivity contribution in [3.05, 3.63) is 97.5 Å². The Morgan fingerprint density at radius 1 is 0.968 bits per heavy atom. The van der Waals surface area contributed by atoms with Gasteiger partial charge in [-0.1, -0.05) is 70.7 Å². The Hall–Kier alpha value is -2.68. The third-order valence-electron chi connectivity index (χ3n) is 4.09. The van der Waals surface area contributed by atoms with Gasteiger partial charge < -0.3 is 10.1 Å². The number of rotatable bonds is 6. The fourth-order valence-electron chi connectivity index (χ4n) is 2.63. The summed E-state index contributed by atoms with van der Waals surface area (Å²) in [5.41, 5.74) is 1.65. The third kappa shape index (κ3) is 6.40. The molecule has 3 rings (SSSR count). The number of carbonyl (C=O) groups is 1. The Balaban J connectivity index is 1.73. The Morgan fingerprint density at radius 2 is 1.68 bits per heavy atom. The van der Waals surface area contributed by atoms with Crippen molar-refractivity contribution in [1.82, 2.24) is 0 Å². The highest BCUT2D eigenvalue weighted by Gasteiger charge is 2.12. The molecule has 0 radical (unpaired) electrons. The Kier molecular flexibility index (Phi) is 7.84. The quantitative estimate of drug-likeness (QED) is 0.288. The lowest BCUT2D eigenvalue weighted by Gasteiger charge is -2.10. The smallest absolute Gasteiger partial charge is 0.266 e. The molecule has 0 saturated heterocycles. The molecule has 4 nitrogen and oxygen atoms in total. The number of nitrogens with zero attached hydrogens (tertiary/aromatic N) is 1. The van der Waals surface area contributed by atoms with Gasteiger partial charge in [0.05, 0.1) is 5.02 Å². The van der Waals surface area contributed by atoms with Gasteiger partial charge in [-0.3, -0.25) is 4.79 Å². The van der Waals surface area contributed by atoms with Crippen LogP contribution in [0.25, 0.3) is 6.08 Å². The summed E-state index contributed by atoms with van der Waals surface area (Å²) in [5.74, 6) is -0.147. The van der Waals surface area contributed by atoms with Gasteiger partial charge in [-0.25, -0.2) is 0 Å². The van der Waals surface area contributed by atoms with E-state index in [2.05, 4.69) is 5.32 Å². The molecular weight excluding hydrogens is 478 g/mol. The van der Waals surface area contributed by atoms with Crippen LogP contribution in [-0.4, -0.2) is 5.91 Å². The number of nitrogens with one attached hydrogen (secondary N) is 1. The molecule has 0 aliphatic carbocycles. The molecule has 156 valence electrons. The second-order valence-electron chi connectivity index (χ2n) is 6.35. The van der Waals surface area contributed by atoms with E-state index in [9.17, 15) is 10.1 Å². The molecule has 0 aromatic heterocycles. The molecule has 0 fully saturated rings. The average Bonchev–Trinajstić information content (AvgIpc) is 2.71. The molecule has 8 heteroatoms. The Morgan fingerprint density at radius 3 is 2.32 bits per heavy atom. The zero-order chi connectivity index (χ0) is 22.4. The summed E-state index contributed by atoms with van der Waals surface area (Å²) in [6.45, 7) is 0.253. The van der Waals surface area contributed by atoms with Crippen molar-refractivity contribution in [1.29, 1.82) is 5.26 Å². The highest BCUT2D eigenvalue weighted by Crippen LogP contribution is 2.28. The first-order valence-corrected chi connectivity index (χ1v) is 10.4. The van der Waals surface area contributed by atoms with Crippen LogP contribution in [0.2, 0.25) is 20.1 Å². The number of halogens is 4. The third-order valence-corrected chi connectivity index (χ3v) is 5.19. The standard InChI is InChI=1S/C23H14Cl4N2O2/c24-17-9-18(25)11-19(10-17)29-23(30)16(12-28)7-14-5-6-22(21(27)8-14)31-13-15-3-1-2-4-20(15)26/h1-11H,13H2,(H,29,30). The van der Waals surface area contributed by atoms with Crippen LogP contribution in [0.1, 0.15) is 11.1 Å². The fraction of sp³-hybridized carbons (Fsp3) is 0.0435. The Labute approximate surface area is 199 Å². The number of anilines is 1. The molecule has 3 aromatic rings. The average molecular weight is 492 g/mol. The molecule has 1 N–H and O–H groups in total. The minimum atomic E-state index is -0.601. The van der Waals surface area contributed by atoms with Gasteiger partial charge in [0.1, 0.15) is 24.0 Å². The molecule has 0 spiro atoms. The first-order chi connectivity index (χ1) is 14.9. The van der Waals surface area contributed by atoms with Gasteiger partial charge >= 0.3 is 0 Å². The van der Waals surface area contributed by atoms with E-state index in [-0.39, 0.29) is 12.2 Å². The molecule has 0 saturated carbocycles. The molecule has 0 aliphatic heterocycles. The van der Waals surface area contributed by atoms with E-state index in [0.717, 1.165) is 5.56 Å². The fourth-order valence-corrected chi connectivity index (χ4v) is 3.59. The number of hydrogen-bond donors (Lipinski definition) is 1. The van der Waals surface area contributed by atoms with E-state index in [1.54, 1.807) is 24.3 Å². The first-order valence-electron chi connectivity index (χ1n) is 8.90. The highest BCUT2D eigenvalue weighted by molar-refractivity contribution is 6.35. The number of ether oxygens (including phenoxy) is 1.